The molecule has 4 N–H and O–H groups in total. The lowest BCUT2D eigenvalue weighted by atomic mass is 9.85. The van der Waals surface area contributed by atoms with Gasteiger partial charge in [-0.1, -0.05) is 19.3 Å². The first-order valence-electron chi connectivity index (χ1n) is 7.98. The molecule has 1 aromatic rings. The van der Waals surface area contributed by atoms with Gasteiger partial charge in [0.05, 0.1) is 5.60 Å². The second kappa shape index (κ2) is 6.70. The second-order valence-corrected chi connectivity index (χ2v) is 6.98. The van der Waals surface area contributed by atoms with Crippen LogP contribution in [0.2, 0.25) is 0 Å². The first-order valence-corrected chi connectivity index (χ1v) is 7.98. The minimum atomic E-state index is -0.792. The van der Waals surface area contributed by atoms with Gasteiger partial charge in [-0.15, -0.1) is 0 Å². The van der Waals surface area contributed by atoms with E-state index in [-0.39, 0.29) is 24.7 Å². The molecular formula is C16H25N4O3. The van der Waals surface area contributed by atoms with E-state index in [2.05, 4.69) is 16.5 Å². The van der Waals surface area contributed by atoms with Crippen molar-refractivity contribution in [3.8, 4) is 0 Å². The van der Waals surface area contributed by atoms with Gasteiger partial charge in [0.25, 0.3) is 5.91 Å². The zero-order valence-corrected chi connectivity index (χ0v) is 13.8. The van der Waals surface area contributed by atoms with Crippen molar-refractivity contribution in [2.45, 2.75) is 63.5 Å². The standard InChI is InChI=1S/C16H25N4O3/c1-15(2,20-9-8-18-14(20)13(17)22)10-12(21)19-11-16(23)6-4-3-5-7-16/h9,23H,3-7,10-11H2,1-2H3,(H2,17,22)(H,19,21). The van der Waals surface area contributed by atoms with Crippen molar-refractivity contribution in [3.05, 3.63) is 18.2 Å². The molecule has 1 aliphatic rings. The Hall–Kier alpha value is -1.89. The number of nitrogens with two attached hydrogens (primary N) is 1. The molecule has 1 fully saturated rings. The van der Waals surface area contributed by atoms with Crippen molar-refractivity contribution in [1.82, 2.24) is 14.9 Å². The predicted octanol–water partition coefficient (Wildman–Crippen LogP) is 0.719. The van der Waals surface area contributed by atoms with Crippen LogP contribution in [0.25, 0.3) is 0 Å². The number of carbonyl (C=O) groups is 2. The van der Waals surface area contributed by atoms with Crippen LogP contribution in [-0.2, 0) is 10.3 Å². The van der Waals surface area contributed by atoms with Crippen LogP contribution in [0.1, 0.15) is 63.0 Å². The van der Waals surface area contributed by atoms with Gasteiger partial charge in [0.1, 0.15) is 6.20 Å². The Morgan fingerprint density at radius 2 is 2.09 bits per heavy atom. The summed E-state index contributed by atoms with van der Waals surface area (Å²) in [4.78, 5) is 27.4. The number of imidazole rings is 1. The third kappa shape index (κ3) is 4.31. The molecule has 0 unspecified atom stereocenters. The van der Waals surface area contributed by atoms with Gasteiger partial charge in [-0.05, 0) is 26.7 Å². The van der Waals surface area contributed by atoms with Crippen LogP contribution in [0.3, 0.4) is 0 Å². The van der Waals surface area contributed by atoms with Crippen LogP contribution in [0.4, 0.5) is 0 Å². The molecule has 1 radical (unpaired) electrons. The van der Waals surface area contributed by atoms with Gasteiger partial charge in [-0.3, -0.25) is 9.59 Å². The summed E-state index contributed by atoms with van der Waals surface area (Å²) in [5.74, 6) is -0.761. The molecule has 1 aliphatic carbocycles. The van der Waals surface area contributed by atoms with Crippen LogP contribution in [0.15, 0.2) is 6.20 Å². The monoisotopic (exact) mass is 321 g/mol. The number of hydrogen-bond donors (Lipinski definition) is 3. The number of primary amides is 1. The molecule has 0 atom stereocenters. The summed E-state index contributed by atoms with van der Waals surface area (Å²) < 4.78 is 1.56. The molecular weight excluding hydrogens is 296 g/mol. The van der Waals surface area contributed by atoms with Crippen molar-refractivity contribution in [1.29, 1.82) is 0 Å². The van der Waals surface area contributed by atoms with Crippen LogP contribution < -0.4 is 11.1 Å². The number of nitrogens with one attached hydrogen (secondary N) is 1. The van der Waals surface area contributed by atoms with Gasteiger partial charge < -0.3 is 20.7 Å². The van der Waals surface area contributed by atoms with Crippen molar-refractivity contribution in [2.75, 3.05) is 6.54 Å². The van der Waals surface area contributed by atoms with Gasteiger partial charge in [0, 0.05) is 24.7 Å². The van der Waals surface area contributed by atoms with E-state index in [1.807, 2.05) is 13.8 Å². The number of nitrogens with zero attached hydrogens (tertiary/aromatic N) is 2. The summed E-state index contributed by atoms with van der Waals surface area (Å²) in [5, 5.41) is 13.2. The molecule has 0 spiro atoms. The molecule has 1 saturated carbocycles. The Bertz CT molecular complexity index is 574. The fourth-order valence-electron chi connectivity index (χ4n) is 3.09. The highest BCUT2D eigenvalue weighted by Gasteiger charge is 2.31. The maximum Gasteiger partial charge on any atom is 0.284 e. The molecule has 23 heavy (non-hydrogen) atoms. The van der Waals surface area contributed by atoms with Gasteiger partial charge >= 0.3 is 0 Å². The Morgan fingerprint density at radius 3 is 2.70 bits per heavy atom. The lowest BCUT2D eigenvalue weighted by Crippen LogP contribution is -2.46. The highest BCUT2D eigenvalue weighted by atomic mass is 16.3. The summed E-state index contributed by atoms with van der Waals surface area (Å²) >= 11 is 0. The molecule has 7 heteroatoms. The van der Waals surface area contributed by atoms with Gasteiger partial charge in [-0.25, -0.2) is 4.98 Å². The quantitative estimate of drug-likeness (QED) is 0.717. The lowest BCUT2D eigenvalue weighted by molar-refractivity contribution is -0.124. The van der Waals surface area contributed by atoms with Crippen molar-refractivity contribution in [2.24, 2.45) is 5.73 Å². The van der Waals surface area contributed by atoms with Crippen LogP contribution >= 0.6 is 0 Å². The molecule has 0 bridgehead atoms. The maximum atomic E-state index is 12.2. The fourth-order valence-corrected chi connectivity index (χ4v) is 3.09. The summed E-state index contributed by atoms with van der Waals surface area (Å²) in [6, 6.07) is 0. The average molecular weight is 321 g/mol. The second-order valence-electron chi connectivity index (χ2n) is 6.98. The van der Waals surface area contributed by atoms with Crippen LogP contribution in [-0.4, -0.2) is 38.6 Å². The third-order valence-electron chi connectivity index (χ3n) is 4.45. The average Bonchev–Trinajstić information content (AvgIpc) is 2.96. The zero-order valence-electron chi connectivity index (χ0n) is 13.8. The summed E-state index contributed by atoms with van der Waals surface area (Å²) in [6.45, 7) is 3.91. The number of carbonyl (C=O) groups excluding carboxylic acids is 2. The summed E-state index contributed by atoms with van der Waals surface area (Å²) in [6.07, 6.45) is 8.81. The summed E-state index contributed by atoms with van der Waals surface area (Å²) in [5.41, 5.74) is 3.82. The maximum absolute atomic E-state index is 12.2. The molecule has 0 aliphatic heterocycles. The molecule has 2 rings (SSSR count). The zero-order chi connectivity index (χ0) is 17.1. The third-order valence-corrected chi connectivity index (χ3v) is 4.45. The molecule has 7 nitrogen and oxygen atoms in total. The van der Waals surface area contributed by atoms with Gasteiger partial charge in [0.2, 0.25) is 5.91 Å². The van der Waals surface area contributed by atoms with E-state index < -0.39 is 17.0 Å². The molecule has 0 aromatic carbocycles. The van der Waals surface area contributed by atoms with E-state index in [0.29, 0.717) is 0 Å². The normalized spacial score (nSPS) is 17.7. The minimum Gasteiger partial charge on any atom is -0.388 e. The van der Waals surface area contributed by atoms with E-state index in [9.17, 15) is 14.7 Å². The number of amides is 2. The molecule has 0 saturated heterocycles. The lowest BCUT2D eigenvalue weighted by Gasteiger charge is -2.33. The van der Waals surface area contributed by atoms with Crippen molar-refractivity contribution >= 4 is 11.8 Å². The molecule has 127 valence electrons. The van der Waals surface area contributed by atoms with E-state index >= 15 is 0 Å². The largest absolute Gasteiger partial charge is 0.388 e. The molecule has 1 heterocycles. The molecule has 2 amide bonds. The minimum absolute atomic E-state index is 0.0775. The van der Waals surface area contributed by atoms with E-state index in [0.717, 1.165) is 32.1 Å². The number of aliphatic hydroxyl groups is 1. The van der Waals surface area contributed by atoms with Crippen molar-refractivity contribution in [3.63, 3.8) is 0 Å². The Morgan fingerprint density at radius 1 is 1.43 bits per heavy atom. The number of aromatic nitrogens is 2. The van der Waals surface area contributed by atoms with E-state index in [1.54, 1.807) is 4.57 Å². The highest BCUT2D eigenvalue weighted by Crippen LogP contribution is 2.27. The smallest absolute Gasteiger partial charge is 0.284 e. The predicted molar refractivity (Wildman–Crippen MR) is 84.6 cm³/mol. The van der Waals surface area contributed by atoms with Crippen molar-refractivity contribution < 1.29 is 14.7 Å². The highest BCUT2D eigenvalue weighted by molar-refractivity contribution is 5.89. The topological polar surface area (TPSA) is 110 Å². The number of rotatable bonds is 6. The fraction of sp³-hybridized carbons (Fsp3) is 0.688. The summed E-state index contributed by atoms with van der Waals surface area (Å²) in [7, 11) is 0. The van der Waals surface area contributed by atoms with E-state index in [1.165, 1.54) is 6.20 Å². The first kappa shape index (κ1) is 17.5. The number of hydrogen-bond acceptors (Lipinski definition) is 4. The Balaban J connectivity index is 1.95. The van der Waals surface area contributed by atoms with E-state index in [4.69, 9.17) is 5.73 Å². The van der Waals surface area contributed by atoms with Gasteiger partial charge in [-0.2, -0.15) is 0 Å². The first-order chi connectivity index (χ1) is 10.7. The van der Waals surface area contributed by atoms with Gasteiger partial charge in [0.15, 0.2) is 5.82 Å². The van der Waals surface area contributed by atoms with Crippen LogP contribution in [0.5, 0.6) is 0 Å². The van der Waals surface area contributed by atoms with Crippen LogP contribution in [0, 0.1) is 6.20 Å². The molecule has 1 aromatic heterocycles. The SMILES string of the molecule is CC(C)(CC(=O)NCC1(O)CCCCC1)n1c[c]nc1C(N)=O. The Labute approximate surface area is 136 Å². The Kier molecular flexibility index (Phi) is 5.09.